The fourth-order valence-electron chi connectivity index (χ4n) is 1.65. The standard InChI is InChI=1S/C15H26O4/c1-4-5-6-7-8-9-10-14(19-13-17-2)11-12-15(16)18-3/h14H,4-10,13H2,1-3H3/t14-/m1/s1. The quantitative estimate of drug-likeness (QED) is 0.201. The summed E-state index contributed by atoms with van der Waals surface area (Å²) in [7, 11) is 2.88. The van der Waals surface area contributed by atoms with Crippen LogP contribution in [0.2, 0.25) is 0 Å². The van der Waals surface area contributed by atoms with Crippen molar-refractivity contribution in [1.82, 2.24) is 0 Å². The molecule has 0 radical (unpaired) electrons. The number of hydrogen-bond acceptors (Lipinski definition) is 4. The zero-order chi connectivity index (χ0) is 14.3. The van der Waals surface area contributed by atoms with Gasteiger partial charge in [-0.25, -0.2) is 4.79 Å². The minimum absolute atomic E-state index is 0.191. The van der Waals surface area contributed by atoms with Gasteiger partial charge in [-0.2, -0.15) is 0 Å². The molecule has 1 atom stereocenters. The van der Waals surface area contributed by atoms with Gasteiger partial charge < -0.3 is 14.2 Å². The van der Waals surface area contributed by atoms with Crippen LogP contribution in [0.15, 0.2) is 0 Å². The second kappa shape index (κ2) is 13.4. The van der Waals surface area contributed by atoms with Gasteiger partial charge in [0.1, 0.15) is 12.9 Å². The van der Waals surface area contributed by atoms with E-state index >= 15 is 0 Å². The molecule has 0 aromatic rings. The van der Waals surface area contributed by atoms with Crippen molar-refractivity contribution >= 4 is 5.97 Å². The number of carbonyl (C=O) groups excluding carboxylic acids is 1. The summed E-state index contributed by atoms with van der Waals surface area (Å²) >= 11 is 0. The lowest BCUT2D eigenvalue weighted by Gasteiger charge is -2.11. The van der Waals surface area contributed by atoms with Gasteiger partial charge in [0.25, 0.3) is 0 Å². The first-order valence-electron chi connectivity index (χ1n) is 6.94. The van der Waals surface area contributed by atoms with E-state index in [2.05, 4.69) is 23.5 Å². The summed E-state index contributed by atoms with van der Waals surface area (Å²) in [5.41, 5.74) is 0. The lowest BCUT2D eigenvalue weighted by Crippen LogP contribution is -2.13. The average Bonchev–Trinajstić information content (AvgIpc) is 2.44. The van der Waals surface area contributed by atoms with Crippen molar-refractivity contribution in [1.29, 1.82) is 0 Å². The van der Waals surface area contributed by atoms with Crippen LogP contribution in [0, 0.1) is 11.8 Å². The predicted octanol–water partition coefficient (Wildman–Crippen LogP) is 2.90. The normalized spacial score (nSPS) is 11.5. The van der Waals surface area contributed by atoms with Gasteiger partial charge in [-0.1, -0.05) is 44.9 Å². The molecule has 4 heteroatoms. The minimum atomic E-state index is -0.533. The zero-order valence-corrected chi connectivity index (χ0v) is 12.4. The molecule has 0 aromatic carbocycles. The Labute approximate surface area is 116 Å². The van der Waals surface area contributed by atoms with Crippen LogP contribution in [0.4, 0.5) is 0 Å². The van der Waals surface area contributed by atoms with Crippen LogP contribution in [-0.4, -0.2) is 33.1 Å². The Morgan fingerprint density at radius 3 is 2.42 bits per heavy atom. The van der Waals surface area contributed by atoms with Crippen molar-refractivity contribution in [2.24, 2.45) is 0 Å². The maximum absolute atomic E-state index is 11.0. The Kier molecular flexibility index (Phi) is 12.6. The molecular weight excluding hydrogens is 244 g/mol. The molecule has 0 amide bonds. The predicted molar refractivity (Wildman–Crippen MR) is 74.5 cm³/mol. The van der Waals surface area contributed by atoms with E-state index in [1.165, 1.54) is 39.2 Å². The van der Waals surface area contributed by atoms with Gasteiger partial charge in [0, 0.05) is 13.0 Å². The molecule has 0 heterocycles. The third kappa shape index (κ3) is 11.8. The highest BCUT2D eigenvalue weighted by Gasteiger charge is 2.05. The van der Waals surface area contributed by atoms with E-state index in [0.717, 1.165) is 12.8 Å². The summed E-state index contributed by atoms with van der Waals surface area (Å²) in [6.45, 7) is 2.40. The number of methoxy groups -OCH3 is 2. The lowest BCUT2D eigenvalue weighted by atomic mass is 10.1. The van der Waals surface area contributed by atoms with E-state index in [1.54, 1.807) is 7.11 Å². The molecule has 0 spiro atoms. The largest absolute Gasteiger partial charge is 0.459 e. The van der Waals surface area contributed by atoms with Crippen molar-refractivity contribution < 1.29 is 19.0 Å². The highest BCUT2D eigenvalue weighted by Crippen LogP contribution is 2.10. The second-order valence-corrected chi connectivity index (χ2v) is 4.38. The van der Waals surface area contributed by atoms with Gasteiger partial charge in [-0.15, -0.1) is 0 Å². The van der Waals surface area contributed by atoms with Crippen molar-refractivity contribution in [2.45, 2.75) is 58.0 Å². The third-order valence-corrected chi connectivity index (χ3v) is 2.73. The molecule has 19 heavy (non-hydrogen) atoms. The first-order chi connectivity index (χ1) is 9.24. The fourth-order valence-corrected chi connectivity index (χ4v) is 1.65. The first kappa shape index (κ1) is 17.9. The molecule has 0 bridgehead atoms. The fraction of sp³-hybridized carbons (Fsp3) is 0.800. The maximum Gasteiger partial charge on any atom is 0.384 e. The number of carbonyl (C=O) groups is 1. The Bertz CT molecular complexity index is 278. The monoisotopic (exact) mass is 270 g/mol. The van der Waals surface area contributed by atoms with Crippen molar-refractivity contribution in [3.8, 4) is 11.8 Å². The molecule has 0 rings (SSSR count). The minimum Gasteiger partial charge on any atom is -0.459 e. The number of ether oxygens (including phenoxy) is 3. The molecule has 0 fully saturated rings. The molecule has 4 nitrogen and oxygen atoms in total. The number of rotatable bonds is 10. The molecule has 0 saturated heterocycles. The summed E-state index contributed by atoms with van der Waals surface area (Å²) in [5, 5.41) is 0. The SMILES string of the molecule is CCCCCCCC[C@H](C#CC(=O)OC)OCOC. The molecule has 0 aliphatic rings. The third-order valence-electron chi connectivity index (χ3n) is 2.73. The van der Waals surface area contributed by atoms with Gasteiger partial charge in [-0.3, -0.25) is 0 Å². The van der Waals surface area contributed by atoms with Crippen LogP contribution in [0.5, 0.6) is 0 Å². The molecule has 0 N–H and O–H groups in total. The molecular formula is C15H26O4. The molecule has 0 aliphatic heterocycles. The molecule has 0 unspecified atom stereocenters. The Balaban J connectivity index is 3.91. The summed E-state index contributed by atoms with van der Waals surface area (Å²) in [5.74, 6) is 4.66. The first-order valence-corrected chi connectivity index (χ1v) is 6.94. The van der Waals surface area contributed by atoms with E-state index in [4.69, 9.17) is 9.47 Å². The van der Waals surface area contributed by atoms with Crippen molar-refractivity contribution in [2.75, 3.05) is 21.0 Å². The number of esters is 1. The summed E-state index contributed by atoms with van der Waals surface area (Å²) in [6.07, 6.45) is 7.87. The van der Waals surface area contributed by atoms with Crippen LogP contribution in [0.25, 0.3) is 0 Å². The summed E-state index contributed by atoms with van der Waals surface area (Å²) in [6, 6.07) is 0. The highest BCUT2D eigenvalue weighted by atomic mass is 16.7. The van der Waals surface area contributed by atoms with E-state index < -0.39 is 5.97 Å². The number of hydrogen-bond donors (Lipinski definition) is 0. The van der Waals surface area contributed by atoms with Crippen LogP contribution in [0.1, 0.15) is 51.9 Å². The average molecular weight is 270 g/mol. The second-order valence-electron chi connectivity index (χ2n) is 4.38. The Morgan fingerprint density at radius 1 is 1.11 bits per heavy atom. The Hall–Kier alpha value is -1.05. The Morgan fingerprint density at radius 2 is 1.79 bits per heavy atom. The maximum atomic E-state index is 11.0. The van der Waals surface area contributed by atoms with Gasteiger partial charge in [0.2, 0.25) is 0 Å². The van der Waals surface area contributed by atoms with Crippen LogP contribution in [0.3, 0.4) is 0 Å². The van der Waals surface area contributed by atoms with E-state index in [1.807, 2.05) is 0 Å². The van der Waals surface area contributed by atoms with E-state index in [0.29, 0.717) is 0 Å². The van der Waals surface area contributed by atoms with Gasteiger partial charge in [0.15, 0.2) is 0 Å². The number of unbranched alkanes of at least 4 members (excludes halogenated alkanes) is 5. The molecule has 0 saturated carbocycles. The van der Waals surface area contributed by atoms with Gasteiger partial charge in [-0.05, 0) is 12.8 Å². The van der Waals surface area contributed by atoms with E-state index in [-0.39, 0.29) is 12.9 Å². The van der Waals surface area contributed by atoms with E-state index in [9.17, 15) is 4.79 Å². The van der Waals surface area contributed by atoms with Crippen LogP contribution in [-0.2, 0) is 19.0 Å². The van der Waals surface area contributed by atoms with Crippen molar-refractivity contribution in [3.63, 3.8) is 0 Å². The highest BCUT2D eigenvalue weighted by molar-refractivity contribution is 5.88. The van der Waals surface area contributed by atoms with Crippen molar-refractivity contribution in [3.05, 3.63) is 0 Å². The molecule has 0 aromatic heterocycles. The van der Waals surface area contributed by atoms with Gasteiger partial charge in [0.05, 0.1) is 7.11 Å². The van der Waals surface area contributed by atoms with Crippen LogP contribution < -0.4 is 0 Å². The summed E-state index contributed by atoms with van der Waals surface area (Å²) in [4.78, 5) is 11.0. The topological polar surface area (TPSA) is 44.8 Å². The lowest BCUT2D eigenvalue weighted by molar-refractivity contribution is -0.133. The van der Waals surface area contributed by atoms with Gasteiger partial charge >= 0.3 is 5.97 Å². The molecule has 0 aliphatic carbocycles. The summed E-state index contributed by atoms with van der Waals surface area (Å²) < 4.78 is 14.7. The zero-order valence-electron chi connectivity index (χ0n) is 12.4. The smallest absolute Gasteiger partial charge is 0.384 e. The van der Waals surface area contributed by atoms with Crippen LogP contribution >= 0.6 is 0 Å². The molecule has 110 valence electrons.